The molecule has 1 atom stereocenters. The minimum Gasteiger partial charge on any atom is -0.493 e. The van der Waals surface area contributed by atoms with Crippen molar-refractivity contribution in [3.05, 3.63) is 76.9 Å². The zero-order valence-electron chi connectivity index (χ0n) is 13.6. The van der Waals surface area contributed by atoms with Crippen LogP contribution in [0.2, 0.25) is 0 Å². The fourth-order valence-electron chi connectivity index (χ4n) is 2.53. The van der Waals surface area contributed by atoms with E-state index in [1.165, 1.54) is 12.1 Å². The van der Waals surface area contributed by atoms with Crippen molar-refractivity contribution in [1.29, 1.82) is 0 Å². The maximum atomic E-state index is 14.4. The molecule has 130 valence electrons. The van der Waals surface area contributed by atoms with Gasteiger partial charge in [0, 0.05) is 6.07 Å². The summed E-state index contributed by atoms with van der Waals surface area (Å²) in [5.74, 6) is -0.145. The highest BCUT2D eigenvalue weighted by Gasteiger charge is 2.35. The Balaban J connectivity index is 1.80. The van der Waals surface area contributed by atoms with Crippen LogP contribution in [0, 0.1) is 18.3 Å². The molecule has 1 fully saturated rings. The molecule has 3 rings (SSSR count). The molecule has 0 N–H and O–H groups in total. The fourth-order valence-corrected chi connectivity index (χ4v) is 4.08. The zero-order chi connectivity index (χ0) is 17.9. The van der Waals surface area contributed by atoms with Crippen molar-refractivity contribution in [2.45, 2.75) is 24.0 Å². The van der Waals surface area contributed by atoms with E-state index >= 15 is 0 Å². The monoisotopic (exact) mass is 359 g/mol. The van der Waals surface area contributed by atoms with Crippen LogP contribution in [-0.4, -0.2) is 15.0 Å². The molecular weight excluding hydrogens is 341 g/mol. The number of benzene rings is 2. The lowest BCUT2D eigenvalue weighted by Gasteiger charge is -2.11. The van der Waals surface area contributed by atoms with Crippen LogP contribution in [-0.2, 0) is 15.6 Å². The molecule has 2 aromatic rings. The summed E-state index contributed by atoms with van der Waals surface area (Å²) in [5, 5.41) is -1.56. The second-order valence-electron chi connectivity index (χ2n) is 6.21. The first kappa shape index (κ1) is 17.4. The second kappa shape index (κ2) is 7.24. The van der Waals surface area contributed by atoms with Gasteiger partial charge in [-0.3, -0.25) is 4.85 Å². The SMILES string of the molecule is [C-]#[N+]C(c1ccc(OCC2CC2)cc1F)S(=O)(=O)Cc1ccccc1. The molecule has 0 heterocycles. The van der Waals surface area contributed by atoms with Gasteiger partial charge in [-0.05, 0) is 36.5 Å². The third-order valence-corrected chi connectivity index (χ3v) is 5.86. The van der Waals surface area contributed by atoms with E-state index in [9.17, 15) is 12.8 Å². The quantitative estimate of drug-likeness (QED) is 0.698. The Bertz CT molecular complexity index is 887. The van der Waals surface area contributed by atoms with Gasteiger partial charge in [0.2, 0.25) is 9.84 Å². The highest BCUT2D eigenvalue weighted by atomic mass is 32.2. The van der Waals surface area contributed by atoms with E-state index in [-0.39, 0.29) is 11.3 Å². The van der Waals surface area contributed by atoms with Crippen LogP contribution in [0.5, 0.6) is 5.75 Å². The average Bonchev–Trinajstić information content (AvgIpc) is 3.40. The van der Waals surface area contributed by atoms with Gasteiger partial charge < -0.3 is 4.74 Å². The molecule has 4 nitrogen and oxygen atoms in total. The molecule has 0 radical (unpaired) electrons. The predicted octanol–water partition coefficient (Wildman–Crippen LogP) is 4.15. The van der Waals surface area contributed by atoms with Crippen LogP contribution in [0.3, 0.4) is 0 Å². The predicted molar refractivity (Wildman–Crippen MR) is 93.0 cm³/mol. The Morgan fingerprint density at radius 3 is 2.52 bits per heavy atom. The van der Waals surface area contributed by atoms with Gasteiger partial charge in [0.05, 0.1) is 17.9 Å². The molecule has 6 heteroatoms. The maximum absolute atomic E-state index is 14.4. The molecule has 0 aromatic heterocycles. The number of hydrogen-bond acceptors (Lipinski definition) is 3. The second-order valence-corrected chi connectivity index (χ2v) is 8.27. The van der Waals surface area contributed by atoms with Crippen molar-refractivity contribution in [2.24, 2.45) is 5.92 Å². The molecule has 1 aliphatic rings. The summed E-state index contributed by atoms with van der Waals surface area (Å²) < 4.78 is 45.1. The third kappa shape index (κ3) is 4.37. The Labute approximate surface area is 147 Å². The van der Waals surface area contributed by atoms with Crippen molar-refractivity contribution in [3.63, 3.8) is 0 Å². The first-order valence-electron chi connectivity index (χ1n) is 8.04. The lowest BCUT2D eigenvalue weighted by atomic mass is 10.2. The molecule has 0 aliphatic heterocycles. The summed E-state index contributed by atoms with van der Waals surface area (Å²) in [4.78, 5) is 3.18. The Morgan fingerprint density at radius 1 is 1.20 bits per heavy atom. The fraction of sp³-hybridized carbons (Fsp3) is 0.316. The summed E-state index contributed by atoms with van der Waals surface area (Å²) in [7, 11) is -3.86. The van der Waals surface area contributed by atoms with E-state index < -0.39 is 21.0 Å². The van der Waals surface area contributed by atoms with Crippen LogP contribution in [0.4, 0.5) is 4.39 Å². The lowest BCUT2D eigenvalue weighted by Crippen LogP contribution is -2.14. The number of hydrogen-bond donors (Lipinski definition) is 0. The first-order valence-corrected chi connectivity index (χ1v) is 9.75. The molecule has 0 saturated heterocycles. The molecule has 2 aromatic carbocycles. The van der Waals surface area contributed by atoms with E-state index in [0.29, 0.717) is 23.8 Å². The van der Waals surface area contributed by atoms with Crippen molar-refractivity contribution in [2.75, 3.05) is 6.61 Å². The van der Waals surface area contributed by atoms with Crippen LogP contribution < -0.4 is 4.74 Å². The minimum absolute atomic E-state index is 0.135. The summed E-state index contributed by atoms with van der Waals surface area (Å²) >= 11 is 0. The van der Waals surface area contributed by atoms with Crippen molar-refractivity contribution in [3.8, 4) is 5.75 Å². The minimum atomic E-state index is -3.86. The van der Waals surface area contributed by atoms with E-state index in [1.807, 2.05) is 0 Å². The topological polar surface area (TPSA) is 47.7 Å². The van der Waals surface area contributed by atoms with Crippen LogP contribution in [0.1, 0.15) is 29.3 Å². The van der Waals surface area contributed by atoms with Crippen molar-refractivity contribution in [1.82, 2.24) is 0 Å². The number of ether oxygens (including phenoxy) is 1. The average molecular weight is 359 g/mol. The van der Waals surface area contributed by atoms with Crippen LogP contribution >= 0.6 is 0 Å². The van der Waals surface area contributed by atoms with Gasteiger partial charge in [0.25, 0.3) is 0 Å². The van der Waals surface area contributed by atoms with Crippen LogP contribution in [0.25, 0.3) is 4.85 Å². The number of rotatable bonds is 7. The highest BCUT2D eigenvalue weighted by molar-refractivity contribution is 7.91. The Hall–Kier alpha value is -2.39. The smallest absolute Gasteiger partial charge is 0.349 e. The van der Waals surface area contributed by atoms with Gasteiger partial charge in [-0.2, -0.15) is 0 Å². The number of nitrogens with zero attached hydrogens (tertiary/aromatic N) is 1. The summed E-state index contributed by atoms with van der Waals surface area (Å²) in [6, 6.07) is 12.6. The van der Waals surface area contributed by atoms with E-state index in [0.717, 1.165) is 18.9 Å². The summed E-state index contributed by atoms with van der Waals surface area (Å²) in [5.41, 5.74) is 0.436. The lowest BCUT2D eigenvalue weighted by molar-refractivity contribution is 0.298. The zero-order valence-corrected chi connectivity index (χ0v) is 14.4. The highest BCUT2D eigenvalue weighted by Crippen LogP contribution is 2.33. The third-order valence-electron chi connectivity index (χ3n) is 4.09. The van der Waals surface area contributed by atoms with Gasteiger partial charge in [-0.25, -0.2) is 19.4 Å². The van der Waals surface area contributed by atoms with Gasteiger partial charge in [-0.15, -0.1) is 0 Å². The number of halogens is 1. The normalized spacial score (nSPS) is 15.4. The van der Waals surface area contributed by atoms with Gasteiger partial charge >= 0.3 is 5.37 Å². The van der Waals surface area contributed by atoms with Gasteiger partial charge in [0.15, 0.2) is 0 Å². The van der Waals surface area contributed by atoms with E-state index in [1.54, 1.807) is 30.3 Å². The van der Waals surface area contributed by atoms with E-state index in [4.69, 9.17) is 11.3 Å². The molecule has 1 unspecified atom stereocenters. The van der Waals surface area contributed by atoms with Crippen LogP contribution in [0.15, 0.2) is 48.5 Å². The molecule has 0 bridgehead atoms. The summed E-state index contributed by atoms with van der Waals surface area (Å²) in [6.07, 6.45) is 2.25. The first-order chi connectivity index (χ1) is 12.0. The molecule has 0 spiro atoms. The summed E-state index contributed by atoms with van der Waals surface area (Å²) in [6.45, 7) is 7.80. The Kier molecular flexibility index (Phi) is 5.05. The van der Waals surface area contributed by atoms with Crippen molar-refractivity contribution < 1.29 is 17.5 Å². The molecule has 1 aliphatic carbocycles. The molecule has 0 amide bonds. The number of sulfone groups is 1. The van der Waals surface area contributed by atoms with Gasteiger partial charge in [0.1, 0.15) is 11.6 Å². The largest absolute Gasteiger partial charge is 0.493 e. The molecule has 1 saturated carbocycles. The Morgan fingerprint density at radius 2 is 1.92 bits per heavy atom. The maximum Gasteiger partial charge on any atom is 0.349 e. The molecule has 25 heavy (non-hydrogen) atoms. The standard InChI is InChI=1S/C19H18FNO3S/c1-21-19(25(22,23)13-15-5-3-2-4-6-15)17-10-9-16(11-18(17)20)24-12-14-7-8-14/h2-6,9-11,14,19H,7-8,12-13H2. The van der Waals surface area contributed by atoms with Crippen molar-refractivity contribution >= 4 is 9.84 Å². The molecular formula is C19H18FNO3S. The van der Waals surface area contributed by atoms with Gasteiger partial charge in [-0.1, -0.05) is 30.3 Å². The van der Waals surface area contributed by atoms with E-state index in [2.05, 4.69) is 4.85 Å².